The number of esters is 1. The molecule has 1 aliphatic heterocycles. The van der Waals surface area contributed by atoms with Crippen LogP contribution in [0.4, 0.5) is 11.4 Å². The Balaban J connectivity index is 1.92. The Kier molecular flexibility index (Phi) is 5.51. The highest BCUT2D eigenvalue weighted by molar-refractivity contribution is 6.53. The fraction of sp³-hybridized carbons (Fsp3) is 0.190. The van der Waals surface area contributed by atoms with Gasteiger partial charge in [-0.3, -0.25) is 9.59 Å². The zero-order chi connectivity index (χ0) is 20.4. The molecular formula is C21H19ClN2O4. The van der Waals surface area contributed by atoms with E-state index in [9.17, 15) is 14.4 Å². The summed E-state index contributed by atoms with van der Waals surface area (Å²) in [5, 5.41) is 2.78. The van der Waals surface area contributed by atoms with Crippen LogP contribution in [0.1, 0.15) is 28.4 Å². The largest absolute Gasteiger partial charge is 0.462 e. The van der Waals surface area contributed by atoms with Gasteiger partial charge in [-0.05, 0) is 56.2 Å². The second kappa shape index (κ2) is 7.86. The first-order chi connectivity index (χ1) is 13.3. The van der Waals surface area contributed by atoms with Crippen molar-refractivity contribution in [1.82, 2.24) is 0 Å². The van der Waals surface area contributed by atoms with Crippen molar-refractivity contribution in [2.45, 2.75) is 20.8 Å². The van der Waals surface area contributed by atoms with Crippen LogP contribution in [0, 0.1) is 13.8 Å². The van der Waals surface area contributed by atoms with Gasteiger partial charge in [0.2, 0.25) is 0 Å². The van der Waals surface area contributed by atoms with Gasteiger partial charge >= 0.3 is 5.97 Å². The maximum atomic E-state index is 12.9. The average Bonchev–Trinajstić information content (AvgIpc) is 2.89. The lowest BCUT2D eigenvalue weighted by atomic mass is 10.1. The topological polar surface area (TPSA) is 75.7 Å². The van der Waals surface area contributed by atoms with Gasteiger partial charge in [0.25, 0.3) is 11.8 Å². The van der Waals surface area contributed by atoms with Crippen LogP contribution >= 0.6 is 11.6 Å². The fourth-order valence-electron chi connectivity index (χ4n) is 2.85. The molecule has 1 aliphatic rings. The predicted molar refractivity (Wildman–Crippen MR) is 107 cm³/mol. The molecule has 144 valence electrons. The molecule has 2 aromatic carbocycles. The summed E-state index contributed by atoms with van der Waals surface area (Å²) in [5.41, 5.74) is 3.17. The molecule has 2 amide bonds. The van der Waals surface area contributed by atoms with Crippen molar-refractivity contribution in [1.29, 1.82) is 0 Å². The number of benzene rings is 2. The van der Waals surface area contributed by atoms with Crippen LogP contribution in [0.5, 0.6) is 0 Å². The Bertz CT molecular complexity index is 1010. The molecule has 1 heterocycles. The fourth-order valence-corrected chi connectivity index (χ4v) is 3.07. The predicted octanol–water partition coefficient (Wildman–Crippen LogP) is 3.92. The number of imide groups is 1. The molecule has 0 saturated carbocycles. The van der Waals surface area contributed by atoms with Crippen molar-refractivity contribution >= 4 is 40.8 Å². The molecule has 0 bridgehead atoms. The molecule has 0 aliphatic carbocycles. The van der Waals surface area contributed by atoms with Crippen molar-refractivity contribution in [3.8, 4) is 0 Å². The smallest absolute Gasteiger partial charge is 0.338 e. The van der Waals surface area contributed by atoms with E-state index in [1.54, 1.807) is 31.2 Å². The lowest BCUT2D eigenvalue weighted by molar-refractivity contribution is -0.120. The minimum absolute atomic E-state index is 0.00176. The highest BCUT2D eigenvalue weighted by atomic mass is 35.5. The van der Waals surface area contributed by atoms with Crippen LogP contribution < -0.4 is 10.2 Å². The summed E-state index contributed by atoms with van der Waals surface area (Å²) in [6.07, 6.45) is 0. The molecule has 0 saturated heterocycles. The van der Waals surface area contributed by atoms with E-state index >= 15 is 0 Å². The van der Waals surface area contributed by atoms with Crippen molar-refractivity contribution in [2.24, 2.45) is 0 Å². The van der Waals surface area contributed by atoms with E-state index in [0.717, 1.165) is 16.0 Å². The number of carbonyl (C=O) groups excluding carboxylic acids is 3. The normalized spacial score (nSPS) is 13.9. The number of nitrogens with zero attached hydrogens (tertiary/aromatic N) is 1. The van der Waals surface area contributed by atoms with Crippen molar-refractivity contribution in [2.75, 3.05) is 16.8 Å². The van der Waals surface area contributed by atoms with E-state index in [0.29, 0.717) is 5.69 Å². The van der Waals surface area contributed by atoms with Crippen LogP contribution in [-0.4, -0.2) is 24.4 Å². The lowest BCUT2D eigenvalue weighted by Gasteiger charge is -2.16. The summed E-state index contributed by atoms with van der Waals surface area (Å²) in [6, 6.07) is 11.7. The molecule has 6 nitrogen and oxygen atoms in total. The van der Waals surface area contributed by atoms with Crippen LogP contribution in [0.3, 0.4) is 0 Å². The molecule has 1 N–H and O–H groups in total. The maximum Gasteiger partial charge on any atom is 0.338 e. The minimum Gasteiger partial charge on any atom is -0.462 e. The quantitative estimate of drug-likeness (QED) is 0.610. The van der Waals surface area contributed by atoms with E-state index in [-0.39, 0.29) is 28.6 Å². The van der Waals surface area contributed by atoms with Crippen molar-refractivity contribution in [3.63, 3.8) is 0 Å². The number of rotatable bonds is 5. The Labute approximate surface area is 167 Å². The number of hydrogen-bond acceptors (Lipinski definition) is 5. The first kappa shape index (κ1) is 19.6. The van der Waals surface area contributed by atoms with Crippen LogP contribution in [-0.2, 0) is 14.3 Å². The zero-order valence-electron chi connectivity index (χ0n) is 15.7. The number of halogens is 1. The van der Waals surface area contributed by atoms with Gasteiger partial charge in [0, 0.05) is 5.69 Å². The first-order valence-corrected chi connectivity index (χ1v) is 9.12. The lowest BCUT2D eigenvalue weighted by Crippen LogP contribution is -2.32. The monoisotopic (exact) mass is 398 g/mol. The molecule has 28 heavy (non-hydrogen) atoms. The van der Waals surface area contributed by atoms with Gasteiger partial charge < -0.3 is 10.1 Å². The maximum absolute atomic E-state index is 12.9. The summed E-state index contributed by atoms with van der Waals surface area (Å²) in [7, 11) is 0. The molecular weight excluding hydrogens is 380 g/mol. The second-order valence-electron chi connectivity index (χ2n) is 6.28. The van der Waals surface area contributed by atoms with Gasteiger partial charge in [-0.25, -0.2) is 9.69 Å². The van der Waals surface area contributed by atoms with E-state index in [1.165, 1.54) is 6.07 Å². The van der Waals surface area contributed by atoms with E-state index in [1.807, 2.05) is 26.0 Å². The molecule has 2 aromatic rings. The zero-order valence-corrected chi connectivity index (χ0v) is 16.5. The SMILES string of the molecule is CCOC(=O)c1cccc(N2C(=O)C(Cl)=C(Nc3cccc(C)c3C)C2=O)c1. The van der Waals surface area contributed by atoms with E-state index in [2.05, 4.69) is 5.32 Å². The number of anilines is 2. The Morgan fingerprint density at radius 2 is 1.82 bits per heavy atom. The van der Waals surface area contributed by atoms with Crippen LogP contribution in [0.25, 0.3) is 0 Å². The molecule has 0 radical (unpaired) electrons. The van der Waals surface area contributed by atoms with E-state index in [4.69, 9.17) is 16.3 Å². The third kappa shape index (κ3) is 3.51. The second-order valence-corrected chi connectivity index (χ2v) is 6.66. The first-order valence-electron chi connectivity index (χ1n) is 8.74. The minimum atomic E-state index is -0.652. The molecule has 0 atom stereocenters. The highest BCUT2D eigenvalue weighted by Gasteiger charge is 2.39. The molecule has 3 rings (SSSR count). The van der Waals surface area contributed by atoms with Crippen LogP contribution in [0.15, 0.2) is 53.2 Å². The van der Waals surface area contributed by atoms with Gasteiger partial charge in [-0.2, -0.15) is 0 Å². The third-order valence-electron chi connectivity index (χ3n) is 4.51. The molecule has 7 heteroatoms. The standard InChI is InChI=1S/C21H19ClN2O4/c1-4-28-21(27)14-8-6-9-15(11-14)24-19(25)17(22)18(20(24)26)23-16-10-5-7-12(2)13(16)3/h5-11,23H,4H2,1-3H3. The average molecular weight is 399 g/mol. The van der Waals surface area contributed by atoms with Gasteiger partial charge in [-0.1, -0.05) is 29.8 Å². The number of nitrogens with one attached hydrogen (secondary N) is 1. The van der Waals surface area contributed by atoms with Crippen molar-refractivity contribution in [3.05, 3.63) is 69.9 Å². The summed E-state index contributed by atoms with van der Waals surface area (Å²) in [6.45, 7) is 5.78. The molecule has 0 fully saturated rings. The van der Waals surface area contributed by atoms with Gasteiger partial charge in [-0.15, -0.1) is 0 Å². The Hall–Kier alpha value is -3.12. The number of aryl methyl sites for hydroxylation is 1. The van der Waals surface area contributed by atoms with Crippen LogP contribution in [0.2, 0.25) is 0 Å². The highest BCUT2D eigenvalue weighted by Crippen LogP contribution is 2.31. The summed E-state index contributed by atoms with van der Waals surface area (Å²) in [4.78, 5) is 38.5. The molecule has 0 unspecified atom stereocenters. The van der Waals surface area contributed by atoms with E-state index < -0.39 is 17.8 Å². The number of carbonyl (C=O) groups is 3. The number of amides is 2. The molecule has 0 spiro atoms. The summed E-state index contributed by atoms with van der Waals surface area (Å²) in [5.74, 6) is -1.77. The number of hydrogen-bond donors (Lipinski definition) is 1. The Morgan fingerprint density at radius 3 is 2.54 bits per heavy atom. The third-order valence-corrected chi connectivity index (χ3v) is 4.86. The summed E-state index contributed by atoms with van der Waals surface area (Å²) >= 11 is 6.18. The van der Waals surface area contributed by atoms with Gasteiger partial charge in [0.1, 0.15) is 10.7 Å². The summed E-state index contributed by atoms with van der Waals surface area (Å²) < 4.78 is 4.97. The van der Waals surface area contributed by atoms with Gasteiger partial charge in [0.15, 0.2) is 0 Å². The molecule has 0 aromatic heterocycles. The Morgan fingerprint density at radius 1 is 1.11 bits per heavy atom. The number of ether oxygens (including phenoxy) is 1. The van der Waals surface area contributed by atoms with Gasteiger partial charge in [0.05, 0.1) is 17.9 Å². The van der Waals surface area contributed by atoms with Crippen molar-refractivity contribution < 1.29 is 19.1 Å².